The largest absolute Gasteiger partial charge is 0.257 e. The zero-order valence-corrected chi connectivity index (χ0v) is 12.5. The van der Waals surface area contributed by atoms with Gasteiger partial charge in [-0.1, -0.05) is 51.1 Å². The highest BCUT2D eigenvalue weighted by Gasteiger charge is 2.03. The number of rotatable bonds is 7. The molecule has 0 saturated carbocycles. The molecule has 0 spiro atoms. The molecule has 0 aromatic heterocycles. The average Bonchev–Trinajstić information content (AvgIpc) is 2.40. The van der Waals surface area contributed by atoms with Crippen LogP contribution in [0.2, 0.25) is 0 Å². The van der Waals surface area contributed by atoms with Crippen LogP contribution >= 0.6 is 0 Å². The van der Waals surface area contributed by atoms with E-state index >= 15 is 0 Å². The molecule has 0 aliphatic rings. The Morgan fingerprint density at radius 1 is 1.32 bits per heavy atom. The molecule has 0 aliphatic heterocycles. The Labute approximate surface area is 117 Å². The maximum Gasteiger partial charge on any atom is 0.0658 e. The quantitative estimate of drug-likeness (QED) is 0.427. The van der Waals surface area contributed by atoms with E-state index in [2.05, 4.69) is 52.1 Å². The van der Waals surface area contributed by atoms with E-state index in [1.807, 2.05) is 6.08 Å². The molecule has 1 aromatic rings. The topological polar surface area (TPSA) is 12.4 Å². The fourth-order valence-electron chi connectivity index (χ4n) is 2.08. The Balaban J connectivity index is 2.91. The number of benzene rings is 1. The fourth-order valence-corrected chi connectivity index (χ4v) is 2.08. The lowest BCUT2D eigenvalue weighted by atomic mass is 10.0. The van der Waals surface area contributed by atoms with Crippen LogP contribution in [-0.4, -0.2) is 5.71 Å². The molecule has 0 saturated heterocycles. The third-order valence-electron chi connectivity index (χ3n) is 3.20. The van der Waals surface area contributed by atoms with Crippen molar-refractivity contribution in [2.45, 2.75) is 46.5 Å². The maximum absolute atomic E-state index is 4.80. The van der Waals surface area contributed by atoms with Gasteiger partial charge in [-0.3, -0.25) is 4.99 Å². The molecule has 0 aliphatic carbocycles. The lowest BCUT2D eigenvalue weighted by molar-refractivity contribution is 0.888. The van der Waals surface area contributed by atoms with Gasteiger partial charge < -0.3 is 0 Å². The summed E-state index contributed by atoms with van der Waals surface area (Å²) in [5.74, 6) is 0. The van der Waals surface area contributed by atoms with Gasteiger partial charge in [0, 0.05) is 12.1 Å². The third kappa shape index (κ3) is 4.86. The first-order valence-corrected chi connectivity index (χ1v) is 7.06. The van der Waals surface area contributed by atoms with Crippen molar-refractivity contribution in [2.24, 2.45) is 4.99 Å². The minimum absolute atomic E-state index is 0.924. The number of aliphatic imine (C=N–C) groups is 1. The smallest absolute Gasteiger partial charge is 0.0658 e. The van der Waals surface area contributed by atoms with E-state index < -0.39 is 0 Å². The van der Waals surface area contributed by atoms with Crippen LogP contribution in [0.1, 0.15) is 50.7 Å². The van der Waals surface area contributed by atoms with Crippen molar-refractivity contribution < 1.29 is 0 Å². The van der Waals surface area contributed by atoms with Crippen LogP contribution in [0.5, 0.6) is 0 Å². The predicted octanol–water partition coefficient (Wildman–Crippen LogP) is 5.87. The highest BCUT2D eigenvalue weighted by molar-refractivity contribution is 5.88. The Kier molecular flexibility index (Phi) is 6.27. The van der Waals surface area contributed by atoms with Gasteiger partial charge in [-0.25, -0.2) is 0 Å². The summed E-state index contributed by atoms with van der Waals surface area (Å²) in [6.07, 6.45) is 6.01. The van der Waals surface area contributed by atoms with Crippen LogP contribution in [-0.2, 0) is 0 Å². The average molecular weight is 255 g/mol. The van der Waals surface area contributed by atoms with Crippen molar-refractivity contribution in [1.82, 2.24) is 0 Å². The van der Waals surface area contributed by atoms with Gasteiger partial charge in [-0.05, 0) is 43.0 Å². The molecule has 1 rings (SSSR count). The molecule has 0 unspecified atom stereocenters. The molecule has 1 nitrogen and oxygen atoms in total. The van der Waals surface area contributed by atoms with Crippen LogP contribution in [0.4, 0.5) is 5.69 Å². The zero-order valence-electron chi connectivity index (χ0n) is 12.5. The molecule has 0 atom stereocenters. The first-order chi connectivity index (χ1) is 9.10. The van der Waals surface area contributed by atoms with E-state index in [0.29, 0.717) is 0 Å². The second-order valence-corrected chi connectivity index (χ2v) is 4.96. The first-order valence-electron chi connectivity index (χ1n) is 7.06. The number of hydrogen-bond donors (Lipinski definition) is 0. The molecular formula is C18H25N. The lowest BCUT2D eigenvalue weighted by Crippen LogP contribution is -1.98. The standard InChI is InChI=1S/C18H25N/c1-6-9-14(4)12-17(8-3)19-18-11-10-16(7-2)13-15(18)5/h7,10-11,13H,2,4,6,8-9,12H2,1,3,5H3. The Morgan fingerprint density at radius 3 is 2.58 bits per heavy atom. The molecule has 0 amide bonds. The second-order valence-electron chi connectivity index (χ2n) is 4.96. The minimum atomic E-state index is 0.924. The number of aryl methyl sites for hydroxylation is 1. The zero-order chi connectivity index (χ0) is 14.3. The molecule has 102 valence electrons. The summed E-state index contributed by atoms with van der Waals surface area (Å²) in [6.45, 7) is 14.4. The summed E-state index contributed by atoms with van der Waals surface area (Å²) in [7, 11) is 0. The van der Waals surface area contributed by atoms with Crippen molar-refractivity contribution in [3.63, 3.8) is 0 Å². The molecule has 0 N–H and O–H groups in total. The summed E-state index contributed by atoms with van der Waals surface area (Å²) in [5, 5.41) is 0. The first kappa shape index (κ1) is 15.4. The van der Waals surface area contributed by atoms with Crippen molar-refractivity contribution >= 4 is 17.5 Å². The van der Waals surface area contributed by atoms with E-state index in [1.54, 1.807) is 0 Å². The van der Waals surface area contributed by atoms with Crippen LogP contribution in [0.3, 0.4) is 0 Å². The molecule has 1 heteroatoms. The lowest BCUT2D eigenvalue weighted by Gasteiger charge is -2.08. The van der Waals surface area contributed by atoms with Gasteiger partial charge in [0.2, 0.25) is 0 Å². The highest BCUT2D eigenvalue weighted by atomic mass is 14.7. The Morgan fingerprint density at radius 2 is 2.05 bits per heavy atom. The van der Waals surface area contributed by atoms with Gasteiger partial charge in [-0.15, -0.1) is 0 Å². The third-order valence-corrected chi connectivity index (χ3v) is 3.20. The number of hydrogen-bond acceptors (Lipinski definition) is 1. The molecule has 0 radical (unpaired) electrons. The van der Waals surface area contributed by atoms with E-state index in [9.17, 15) is 0 Å². The number of allylic oxidation sites excluding steroid dienone is 1. The molecule has 0 fully saturated rings. The summed E-state index contributed by atoms with van der Waals surface area (Å²) in [6, 6.07) is 6.26. The van der Waals surface area contributed by atoms with Gasteiger partial charge in [0.15, 0.2) is 0 Å². The fraction of sp³-hybridized carbons (Fsp3) is 0.389. The van der Waals surface area contributed by atoms with E-state index in [1.165, 1.54) is 16.8 Å². The summed E-state index contributed by atoms with van der Waals surface area (Å²) < 4.78 is 0. The van der Waals surface area contributed by atoms with Gasteiger partial charge in [-0.2, -0.15) is 0 Å². The highest BCUT2D eigenvalue weighted by Crippen LogP contribution is 2.22. The molecular weight excluding hydrogens is 230 g/mol. The van der Waals surface area contributed by atoms with Gasteiger partial charge in [0.25, 0.3) is 0 Å². The van der Waals surface area contributed by atoms with Crippen molar-refractivity contribution in [1.29, 1.82) is 0 Å². The van der Waals surface area contributed by atoms with Crippen LogP contribution in [0.15, 0.2) is 41.9 Å². The maximum atomic E-state index is 4.80. The van der Waals surface area contributed by atoms with E-state index in [0.717, 1.165) is 36.9 Å². The van der Waals surface area contributed by atoms with Crippen LogP contribution < -0.4 is 0 Å². The Hall–Kier alpha value is -1.63. The predicted molar refractivity (Wildman–Crippen MR) is 87.3 cm³/mol. The van der Waals surface area contributed by atoms with E-state index in [4.69, 9.17) is 4.99 Å². The molecule has 19 heavy (non-hydrogen) atoms. The SMILES string of the molecule is C=Cc1ccc(N=C(CC)CC(=C)CCC)c(C)c1. The summed E-state index contributed by atoms with van der Waals surface area (Å²) in [5.41, 5.74) is 5.90. The number of nitrogens with zero attached hydrogens (tertiary/aromatic N) is 1. The minimum Gasteiger partial charge on any atom is -0.257 e. The van der Waals surface area contributed by atoms with Crippen LogP contribution in [0, 0.1) is 6.92 Å². The normalized spacial score (nSPS) is 11.4. The van der Waals surface area contributed by atoms with Gasteiger partial charge in [0.05, 0.1) is 5.69 Å². The molecule has 0 heterocycles. The Bertz CT molecular complexity index is 480. The van der Waals surface area contributed by atoms with Crippen molar-refractivity contribution in [3.8, 4) is 0 Å². The monoisotopic (exact) mass is 255 g/mol. The van der Waals surface area contributed by atoms with E-state index in [-0.39, 0.29) is 0 Å². The second kappa shape index (κ2) is 7.73. The van der Waals surface area contributed by atoms with Crippen molar-refractivity contribution in [3.05, 3.63) is 48.1 Å². The molecule has 1 aromatic carbocycles. The summed E-state index contributed by atoms with van der Waals surface area (Å²) in [4.78, 5) is 4.80. The summed E-state index contributed by atoms with van der Waals surface area (Å²) >= 11 is 0. The van der Waals surface area contributed by atoms with Gasteiger partial charge in [0.1, 0.15) is 0 Å². The van der Waals surface area contributed by atoms with Crippen molar-refractivity contribution in [2.75, 3.05) is 0 Å². The van der Waals surface area contributed by atoms with Gasteiger partial charge >= 0.3 is 0 Å². The van der Waals surface area contributed by atoms with Crippen LogP contribution in [0.25, 0.3) is 6.08 Å². The molecule has 0 bridgehead atoms.